The molecule has 7 atom stereocenters. The van der Waals surface area contributed by atoms with E-state index in [1.807, 2.05) is 0 Å². The summed E-state index contributed by atoms with van der Waals surface area (Å²) >= 11 is 0. The van der Waals surface area contributed by atoms with Crippen molar-refractivity contribution in [1.82, 2.24) is 41.7 Å². The number of nitrogens with two attached hydrogens (primary N) is 4. The number of phenols is 1. The molecule has 3 aliphatic rings. The number of carbonyl (C=O) groups is 10. The van der Waals surface area contributed by atoms with Crippen LogP contribution in [0.5, 0.6) is 5.75 Å². The predicted octanol–water partition coefficient (Wildman–Crippen LogP) is -0.516. The van der Waals surface area contributed by atoms with Gasteiger partial charge in [-0.15, -0.1) is 0 Å². The summed E-state index contributed by atoms with van der Waals surface area (Å²) in [6.07, 6.45) is 3.68. The van der Waals surface area contributed by atoms with Crippen molar-refractivity contribution in [1.29, 1.82) is 0 Å². The van der Waals surface area contributed by atoms with Crippen LogP contribution in [0.15, 0.2) is 59.6 Å². The van der Waals surface area contributed by atoms with E-state index in [4.69, 9.17) is 22.9 Å². The van der Waals surface area contributed by atoms with Gasteiger partial charge >= 0.3 is 0 Å². The van der Waals surface area contributed by atoms with E-state index >= 15 is 0 Å². The van der Waals surface area contributed by atoms with Crippen LogP contribution < -0.4 is 54.8 Å². The van der Waals surface area contributed by atoms with E-state index in [9.17, 15) is 53.1 Å². The molecule has 26 heteroatoms. The van der Waals surface area contributed by atoms with Crippen molar-refractivity contribution in [3.8, 4) is 5.75 Å². The number of aromatic hydroxyl groups is 1. The van der Waals surface area contributed by atoms with Crippen molar-refractivity contribution in [3.63, 3.8) is 0 Å². The Morgan fingerprint density at radius 1 is 0.797 bits per heavy atom. The van der Waals surface area contributed by atoms with Gasteiger partial charge in [0.15, 0.2) is 5.96 Å². The number of primary amides is 2. The van der Waals surface area contributed by atoms with Crippen molar-refractivity contribution in [2.75, 3.05) is 31.9 Å². The van der Waals surface area contributed by atoms with Crippen LogP contribution in [0.25, 0.3) is 0 Å². The predicted molar refractivity (Wildman–Crippen MR) is 299 cm³/mol. The highest BCUT2D eigenvalue weighted by Crippen LogP contribution is 2.49. The molecule has 2 aromatic rings. The number of rotatable bonds is 18. The Morgan fingerprint density at radius 3 is 2.09 bits per heavy atom. The Balaban J connectivity index is 1.55. The molecule has 0 bridgehead atoms. The molecule has 432 valence electrons. The maximum atomic E-state index is 15.0. The highest BCUT2D eigenvalue weighted by atomic mass is 33.1. The van der Waals surface area contributed by atoms with E-state index in [0.29, 0.717) is 30.4 Å². The molecule has 79 heavy (non-hydrogen) atoms. The summed E-state index contributed by atoms with van der Waals surface area (Å²) in [6.45, 7) is 4.82. The maximum Gasteiger partial charge on any atom is 0.246 e. The van der Waals surface area contributed by atoms with Crippen molar-refractivity contribution in [3.05, 3.63) is 65.7 Å². The van der Waals surface area contributed by atoms with Gasteiger partial charge in [0, 0.05) is 49.4 Å². The van der Waals surface area contributed by atoms with Crippen molar-refractivity contribution in [2.24, 2.45) is 33.8 Å². The van der Waals surface area contributed by atoms with E-state index in [0.717, 1.165) is 19.3 Å². The summed E-state index contributed by atoms with van der Waals surface area (Å²) in [7, 11) is 2.60. The van der Waals surface area contributed by atoms with Gasteiger partial charge in [-0.25, -0.2) is 0 Å². The molecule has 0 aromatic heterocycles. The number of likely N-dealkylation sites (N-methyl/N-ethyl adjacent to an activating group) is 1. The summed E-state index contributed by atoms with van der Waals surface area (Å²) in [4.78, 5) is 147. The van der Waals surface area contributed by atoms with Crippen LogP contribution in [0.2, 0.25) is 0 Å². The van der Waals surface area contributed by atoms with Gasteiger partial charge in [-0.05, 0) is 74.6 Å². The zero-order valence-corrected chi connectivity index (χ0v) is 46.7. The average Bonchev–Trinajstić information content (AvgIpc) is 3.96. The molecule has 2 aliphatic heterocycles. The van der Waals surface area contributed by atoms with E-state index < -0.39 is 119 Å². The molecule has 3 fully saturated rings. The van der Waals surface area contributed by atoms with Crippen LogP contribution in [0.1, 0.15) is 103 Å². The number of nitrogens with zero attached hydrogens (tertiary/aromatic N) is 3. The van der Waals surface area contributed by atoms with Crippen LogP contribution in [0, 0.1) is 5.92 Å². The monoisotopic (exact) mass is 1140 g/mol. The number of amides is 10. The Labute approximate surface area is 468 Å². The zero-order valence-electron chi connectivity index (χ0n) is 45.0. The second-order valence-electron chi connectivity index (χ2n) is 20.5. The van der Waals surface area contributed by atoms with Crippen LogP contribution in [-0.4, -0.2) is 159 Å². The number of benzene rings is 2. The number of hydrogen-bond donors (Lipinski definition) is 11. The third-order valence-electron chi connectivity index (χ3n) is 14.1. The Morgan fingerprint density at radius 2 is 1.46 bits per heavy atom. The first kappa shape index (κ1) is 62.7. The van der Waals surface area contributed by atoms with Gasteiger partial charge < -0.3 is 69.7 Å². The lowest BCUT2D eigenvalue weighted by atomic mass is 9.85. The fraction of sp³-hybridized carbons (Fsp3) is 0.566. The Bertz CT molecular complexity index is 2510. The normalized spacial score (nSPS) is 23.1. The fourth-order valence-electron chi connectivity index (χ4n) is 9.94. The zero-order chi connectivity index (χ0) is 57.8. The van der Waals surface area contributed by atoms with Gasteiger partial charge in [0.25, 0.3) is 0 Å². The smallest absolute Gasteiger partial charge is 0.246 e. The van der Waals surface area contributed by atoms with E-state index in [1.54, 1.807) is 63.2 Å². The molecule has 24 nitrogen and oxygen atoms in total. The van der Waals surface area contributed by atoms with Gasteiger partial charge in [-0.1, -0.05) is 97.2 Å². The molecule has 1 spiro atoms. The number of carbonyl (C=O) groups excluding carboxylic acids is 10. The minimum atomic E-state index is -1.67. The van der Waals surface area contributed by atoms with Crippen LogP contribution in [0.4, 0.5) is 0 Å². The summed E-state index contributed by atoms with van der Waals surface area (Å²) in [5.41, 5.74) is 23.1. The van der Waals surface area contributed by atoms with Gasteiger partial charge in [0.1, 0.15) is 48.0 Å². The number of phenolic OH excluding ortho intramolecular Hbond substituents is 1. The number of guanidine groups is 1. The van der Waals surface area contributed by atoms with Gasteiger partial charge in [0.05, 0.1) is 13.0 Å². The SMILES string of the molecule is CCN1C(=O)CC2(CCCCC2)SSC[C@H](C(=O)N2CCC[C@H]2C(=O)N[C@@H](CCCN=C(N)N)C(=O)NCC(N)=O)NC(=O)[C@@H](CC(N)=O)NC(=O)[C@H](C(C)C)NC(=O)[C@@H](Cc2ccccc2)NC(=O)[C@H]1Cc1ccc(O)cc1. The molecule has 0 unspecified atom stereocenters. The molecule has 2 saturated heterocycles. The van der Waals surface area contributed by atoms with Crippen molar-refractivity contribution in [2.45, 2.75) is 151 Å². The van der Waals surface area contributed by atoms with Crippen LogP contribution >= 0.6 is 21.6 Å². The van der Waals surface area contributed by atoms with E-state index in [-0.39, 0.29) is 81.5 Å². The quantitative estimate of drug-likeness (QED) is 0.0387. The Hall–Kier alpha value is -7.09. The molecule has 2 aromatic carbocycles. The molecule has 10 amide bonds. The van der Waals surface area contributed by atoms with Crippen molar-refractivity contribution >= 4 is 86.6 Å². The first-order chi connectivity index (χ1) is 37.6. The second kappa shape index (κ2) is 30.3. The molecule has 5 rings (SSSR count). The molecule has 1 aliphatic carbocycles. The van der Waals surface area contributed by atoms with Crippen LogP contribution in [-0.2, 0) is 60.8 Å². The number of aliphatic imine (C=N–C) groups is 1. The van der Waals surface area contributed by atoms with Gasteiger partial charge in [-0.2, -0.15) is 0 Å². The highest BCUT2D eigenvalue weighted by Gasteiger charge is 2.43. The summed E-state index contributed by atoms with van der Waals surface area (Å²) in [5, 5.41) is 26.2. The largest absolute Gasteiger partial charge is 0.508 e. The third kappa shape index (κ3) is 19.1. The molecule has 1 saturated carbocycles. The van der Waals surface area contributed by atoms with E-state index in [1.165, 1.54) is 43.5 Å². The second-order valence-corrected chi connectivity index (χ2v) is 23.3. The summed E-state index contributed by atoms with van der Waals surface area (Å²) in [6, 6.07) is 5.92. The molecular formula is C53H77N13O11S2. The minimum Gasteiger partial charge on any atom is -0.508 e. The fourth-order valence-corrected chi connectivity index (χ4v) is 13.3. The molecule has 2 heterocycles. The molecular weight excluding hydrogens is 1060 g/mol. The van der Waals surface area contributed by atoms with Crippen molar-refractivity contribution < 1.29 is 53.1 Å². The minimum absolute atomic E-state index is 0.00222. The van der Waals surface area contributed by atoms with Gasteiger partial charge in [-0.3, -0.25) is 52.9 Å². The van der Waals surface area contributed by atoms with Crippen LogP contribution in [0.3, 0.4) is 0 Å². The maximum absolute atomic E-state index is 15.0. The average molecular weight is 1140 g/mol. The topological polar surface area (TPSA) is 386 Å². The first-order valence-electron chi connectivity index (χ1n) is 26.7. The molecule has 15 N–H and O–H groups in total. The third-order valence-corrected chi connectivity index (χ3v) is 17.4. The lowest BCUT2D eigenvalue weighted by Gasteiger charge is -2.39. The number of nitrogens with one attached hydrogen (secondary N) is 6. The summed E-state index contributed by atoms with van der Waals surface area (Å²) in [5.74, 6) is -8.45. The Kier molecular flexibility index (Phi) is 24.1. The van der Waals surface area contributed by atoms with E-state index in [2.05, 4.69) is 36.9 Å². The first-order valence-corrected chi connectivity index (χ1v) is 29.1. The number of hydrogen-bond acceptors (Lipinski definition) is 14. The highest BCUT2D eigenvalue weighted by molar-refractivity contribution is 8.77. The lowest BCUT2D eigenvalue weighted by Crippen LogP contribution is -2.62. The summed E-state index contributed by atoms with van der Waals surface area (Å²) < 4.78 is -0.725. The van der Waals surface area contributed by atoms with Gasteiger partial charge in [0.2, 0.25) is 59.1 Å². The standard InChI is InChI=1S/C53H77N13O11S2/c1-4-65-40(26-33-17-19-34(67)20-18-33)49(75)61-36(25-32-13-7-5-8-14-32)47(73)64-44(31(2)3)50(76)62-37(27-41(54)68)46(72)63-38(30-78-79-53(28-43(65)70)21-9-6-10-22-53)51(77)66-24-12-16-39(66)48(74)60-35(15-11-23-58-52(56)57)45(71)59-29-42(55)69/h5,7-8,13-14,17-20,31,35-40,44,67H,4,6,9-12,15-16,21-30H2,1-3H3,(H2,54,68)(H2,55,69)(H,59,71)(H,60,74)(H,61,75)(H,62,76)(H,63,72)(H,64,73)(H4,56,57,58)/t35-,36+,37+,38+,39-,40+,44-/m0/s1. The molecule has 0 radical (unpaired) electrons. The lowest BCUT2D eigenvalue weighted by molar-refractivity contribution is -0.142. The number of likely N-dealkylation sites (tertiary alicyclic amines) is 1.